The Hall–Kier alpha value is -2.13. The standard InChI is InChI=1S/C20H24O3/c1-14-10-18(23-9-8-20(3,4)22)11-15(2)19(14)17-7-5-6-16(12-17)13-21/h5-7,10-13,22H,8-9H2,1-4H3. The van der Waals surface area contributed by atoms with Gasteiger partial charge < -0.3 is 9.84 Å². The maximum Gasteiger partial charge on any atom is 0.150 e. The average molecular weight is 312 g/mol. The van der Waals surface area contributed by atoms with E-state index in [9.17, 15) is 9.90 Å². The lowest BCUT2D eigenvalue weighted by molar-refractivity contribution is 0.0553. The first-order chi connectivity index (χ1) is 10.8. The number of hydrogen-bond donors (Lipinski definition) is 1. The van der Waals surface area contributed by atoms with E-state index >= 15 is 0 Å². The highest BCUT2D eigenvalue weighted by molar-refractivity contribution is 5.80. The second-order valence-corrected chi connectivity index (χ2v) is 6.59. The van der Waals surface area contributed by atoms with E-state index in [-0.39, 0.29) is 0 Å². The van der Waals surface area contributed by atoms with Crippen molar-refractivity contribution in [2.75, 3.05) is 6.61 Å². The number of carbonyl (C=O) groups is 1. The van der Waals surface area contributed by atoms with Crippen LogP contribution in [0.15, 0.2) is 36.4 Å². The van der Waals surface area contributed by atoms with Gasteiger partial charge in [0.15, 0.2) is 0 Å². The smallest absolute Gasteiger partial charge is 0.150 e. The van der Waals surface area contributed by atoms with Crippen molar-refractivity contribution in [3.05, 3.63) is 53.1 Å². The molecule has 0 bridgehead atoms. The van der Waals surface area contributed by atoms with Crippen LogP contribution in [0.3, 0.4) is 0 Å². The molecule has 2 aromatic rings. The summed E-state index contributed by atoms with van der Waals surface area (Å²) in [5, 5.41) is 9.74. The van der Waals surface area contributed by atoms with Gasteiger partial charge in [-0.3, -0.25) is 4.79 Å². The number of aldehydes is 1. The lowest BCUT2D eigenvalue weighted by Gasteiger charge is -2.18. The molecule has 0 heterocycles. The second kappa shape index (κ2) is 6.97. The van der Waals surface area contributed by atoms with Gasteiger partial charge in [-0.1, -0.05) is 18.2 Å². The van der Waals surface area contributed by atoms with Crippen LogP contribution in [0.2, 0.25) is 0 Å². The number of ether oxygens (including phenoxy) is 1. The van der Waals surface area contributed by atoms with E-state index in [1.165, 1.54) is 0 Å². The Kier molecular flexibility index (Phi) is 5.22. The summed E-state index contributed by atoms with van der Waals surface area (Å²) in [6.07, 6.45) is 1.44. The molecule has 0 aliphatic heterocycles. The molecule has 2 aromatic carbocycles. The van der Waals surface area contributed by atoms with Crippen molar-refractivity contribution in [3.8, 4) is 16.9 Å². The maximum absolute atomic E-state index is 11.0. The van der Waals surface area contributed by atoms with Gasteiger partial charge in [-0.25, -0.2) is 0 Å². The average Bonchev–Trinajstić information content (AvgIpc) is 2.45. The minimum absolute atomic E-state index is 0.475. The Labute approximate surface area is 137 Å². The summed E-state index contributed by atoms with van der Waals surface area (Å²) < 4.78 is 5.76. The van der Waals surface area contributed by atoms with Gasteiger partial charge in [0.1, 0.15) is 12.0 Å². The van der Waals surface area contributed by atoms with E-state index in [1.807, 2.05) is 44.2 Å². The molecule has 0 fully saturated rings. The van der Waals surface area contributed by atoms with Gasteiger partial charge in [-0.2, -0.15) is 0 Å². The van der Waals surface area contributed by atoms with E-state index in [0.717, 1.165) is 34.3 Å². The van der Waals surface area contributed by atoms with Crippen molar-refractivity contribution in [2.45, 2.75) is 39.7 Å². The third-order valence-corrected chi connectivity index (χ3v) is 3.80. The zero-order valence-electron chi connectivity index (χ0n) is 14.2. The SMILES string of the molecule is Cc1cc(OCCC(C)(C)O)cc(C)c1-c1cccc(C=O)c1. The van der Waals surface area contributed by atoms with Crippen LogP contribution in [-0.2, 0) is 0 Å². The molecular weight excluding hydrogens is 288 g/mol. The lowest BCUT2D eigenvalue weighted by atomic mass is 9.94. The van der Waals surface area contributed by atoms with Gasteiger partial charge in [0.05, 0.1) is 12.2 Å². The highest BCUT2D eigenvalue weighted by Crippen LogP contribution is 2.31. The summed E-state index contributed by atoms with van der Waals surface area (Å²) in [6, 6.07) is 11.6. The highest BCUT2D eigenvalue weighted by Gasteiger charge is 2.13. The summed E-state index contributed by atoms with van der Waals surface area (Å²) in [6.45, 7) is 8.10. The van der Waals surface area contributed by atoms with E-state index < -0.39 is 5.60 Å². The Morgan fingerprint density at radius 3 is 2.35 bits per heavy atom. The number of hydrogen-bond acceptors (Lipinski definition) is 3. The maximum atomic E-state index is 11.0. The van der Waals surface area contributed by atoms with Crippen LogP contribution in [-0.4, -0.2) is 23.6 Å². The fraction of sp³-hybridized carbons (Fsp3) is 0.350. The summed E-state index contributed by atoms with van der Waals surface area (Å²) in [5.41, 5.74) is 4.32. The number of carbonyl (C=O) groups excluding carboxylic acids is 1. The van der Waals surface area contributed by atoms with Crippen LogP contribution in [0.1, 0.15) is 41.8 Å². The predicted molar refractivity (Wildman–Crippen MR) is 93.1 cm³/mol. The minimum atomic E-state index is -0.723. The van der Waals surface area contributed by atoms with Crippen molar-refractivity contribution >= 4 is 6.29 Å². The molecule has 3 heteroatoms. The quantitative estimate of drug-likeness (QED) is 0.808. The first kappa shape index (κ1) is 17.2. The third-order valence-electron chi connectivity index (χ3n) is 3.80. The molecule has 0 aliphatic carbocycles. The summed E-state index contributed by atoms with van der Waals surface area (Å²) in [7, 11) is 0. The molecule has 0 spiro atoms. The molecular formula is C20H24O3. The van der Waals surface area contributed by atoms with Gasteiger partial charge in [0.25, 0.3) is 0 Å². The molecule has 0 saturated heterocycles. The fourth-order valence-corrected chi connectivity index (χ4v) is 2.65. The first-order valence-electron chi connectivity index (χ1n) is 7.82. The molecule has 122 valence electrons. The van der Waals surface area contributed by atoms with Crippen molar-refractivity contribution in [1.82, 2.24) is 0 Å². The monoisotopic (exact) mass is 312 g/mol. The third kappa shape index (κ3) is 4.67. The van der Waals surface area contributed by atoms with Crippen molar-refractivity contribution in [3.63, 3.8) is 0 Å². The van der Waals surface area contributed by atoms with Gasteiger partial charge in [-0.15, -0.1) is 0 Å². The number of benzene rings is 2. The minimum Gasteiger partial charge on any atom is -0.493 e. The van der Waals surface area contributed by atoms with E-state index in [4.69, 9.17) is 4.74 Å². The number of aryl methyl sites for hydroxylation is 2. The second-order valence-electron chi connectivity index (χ2n) is 6.59. The Bertz CT molecular complexity index is 673. The molecule has 0 radical (unpaired) electrons. The first-order valence-corrected chi connectivity index (χ1v) is 7.82. The zero-order chi connectivity index (χ0) is 17.0. The van der Waals surface area contributed by atoms with Crippen LogP contribution in [0, 0.1) is 13.8 Å². The number of rotatable bonds is 6. The van der Waals surface area contributed by atoms with Crippen molar-refractivity contribution in [2.24, 2.45) is 0 Å². The summed E-state index contributed by atoms with van der Waals surface area (Å²) >= 11 is 0. The van der Waals surface area contributed by atoms with Gasteiger partial charge in [0.2, 0.25) is 0 Å². The van der Waals surface area contributed by atoms with Gasteiger partial charge >= 0.3 is 0 Å². The lowest BCUT2D eigenvalue weighted by Crippen LogP contribution is -2.21. The largest absolute Gasteiger partial charge is 0.493 e. The fourth-order valence-electron chi connectivity index (χ4n) is 2.65. The van der Waals surface area contributed by atoms with Crippen LogP contribution < -0.4 is 4.74 Å². The zero-order valence-corrected chi connectivity index (χ0v) is 14.2. The summed E-state index contributed by atoms with van der Waals surface area (Å²) in [4.78, 5) is 11.0. The molecule has 2 rings (SSSR count). The molecule has 0 aliphatic rings. The van der Waals surface area contributed by atoms with Crippen molar-refractivity contribution < 1.29 is 14.6 Å². The van der Waals surface area contributed by atoms with Crippen LogP contribution in [0.25, 0.3) is 11.1 Å². The van der Waals surface area contributed by atoms with E-state index in [0.29, 0.717) is 18.6 Å². The summed E-state index contributed by atoms with van der Waals surface area (Å²) in [5.74, 6) is 0.805. The molecule has 0 atom stereocenters. The van der Waals surface area contributed by atoms with Crippen LogP contribution >= 0.6 is 0 Å². The topological polar surface area (TPSA) is 46.5 Å². The molecule has 3 nitrogen and oxygen atoms in total. The van der Waals surface area contributed by atoms with E-state index in [1.54, 1.807) is 19.9 Å². The molecule has 0 amide bonds. The Balaban J connectivity index is 2.25. The van der Waals surface area contributed by atoms with E-state index in [2.05, 4.69) is 0 Å². The molecule has 0 unspecified atom stereocenters. The molecule has 1 N–H and O–H groups in total. The Morgan fingerprint density at radius 2 is 1.78 bits per heavy atom. The van der Waals surface area contributed by atoms with Gasteiger partial charge in [0, 0.05) is 12.0 Å². The normalized spacial score (nSPS) is 11.3. The van der Waals surface area contributed by atoms with Crippen LogP contribution in [0.5, 0.6) is 5.75 Å². The molecule has 0 saturated carbocycles. The molecule has 0 aromatic heterocycles. The number of aliphatic hydroxyl groups is 1. The predicted octanol–water partition coefficient (Wildman–Crippen LogP) is 4.32. The van der Waals surface area contributed by atoms with Crippen molar-refractivity contribution in [1.29, 1.82) is 0 Å². The molecule has 23 heavy (non-hydrogen) atoms. The van der Waals surface area contributed by atoms with Crippen LogP contribution in [0.4, 0.5) is 0 Å². The Morgan fingerprint density at radius 1 is 1.13 bits per heavy atom. The highest BCUT2D eigenvalue weighted by atomic mass is 16.5. The van der Waals surface area contributed by atoms with Gasteiger partial charge in [-0.05, 0) is 68.1 Å².